The SMILES string of the molecule is CCc1ccccc1NC(=O)[C@@H](Cc1ccc(OC)c(OC)c1)c1nnn[n-]1. The van der Waals surface area contributed by atoms with Gasteiger partial charge in [0.1, 0.15) is 0 Å². The van der Waals surface area contributed by atoms with E-state index in [0.29, 0.717) is 17.9 Å². The average molecular weight is 380 g/mol. The standard InChI is InChI=1S/C20H23N5O3/c1-4-14-7-5-6-8-16(14)21-20(26)15(19-22-24-25-23-19)11-13-9-10-17(27-2)18(12-13)28-3/h5-10,12,15H,4,11H2,1-3H3,(H2,21,22,23,24,25,26)/p-1/t15-/m0/s1. The van der Waals surface area contributed by atoms with E-state index < -0.39 is 5.92 Å². The Kier molecular flexibility index (Phi) is 6.21. The first kappa shape index (κ1) is 19.3. The second-order valence-electron chi connectivity index (χ2n) is 6.18. The number of carbonyl (C=O) groups is 1. The monoisotopic (exact) mass is 380 g/mol. The quantitative estimate of drug-likeness (QED) is 0.640. The Balaban J connectivity index is 1.87. The Labute approximate surface area is 163 Å². The van der Waals surface area contributed by atoms with E-state index in [9.17, 15) is 4.79 Å². The molecule has 0 saturated carbocycles. The number of hydrogen-bond acceptors (Lipinski definition) is 6. The molecule has 1 atom stereocenters. The van der Waals surface area contributed by atoms with Gasteiger partial charge in [-0.05, 0) is 42.2 Å². The molecule has 0 spiro atoms. The molecule has 1 amide bonds. The third-order valence-corrected chi connectivity index (χ3v) is 4.51. The van der Waals surface area contributed by atoms with E-state index in [1.165, 1.54) is 0 Å². The van der Waals surface area contributed by atoms with Crippen LogP contribution in [0.3, 0.4) is 0 Å². The van der Waals surface area contributed by atoms with Gasteiger partial charge in [-0.2, -0.15) is 5.21 Å². The number of anilines is 1. The van der Waals surface area contributed by atoms with Gasteiger partial charge in [-0.15, -0.1) is 0 Å². The fraction of sp³-hybridized carbons (Fsp3) is 0.300. The summed E-state index contributed by atoms with van der Waals surface area (Å²) in [4.78, 5) is 13.1. The van der Waals surface area contributed by atoms with Gasteiger partial charge < -0.3 is 19.9 Å². The maximum Gasteiger partial charge on any atom is 0.232 e. The number of amides is 1. The van der Waals surface area contributed by atoms with Crippen LogP contribution >= 0.6 is 0 Å². The minimum absolute atomic E-state index is 0.217. The number of ether oxygens (including phenoxy) is 2. The third kappa shape index (κ3) is 4.28. The summed E-state index contributed by atoms with van der Waals surface area (Å²) in [7, 11) is 3.15. The average Bonchev–Trinajstić information content (AvgIpc) is 3.26. The van der Waals surface area contributed by atoms with E-state index in [2.05, 4.69) is 25.9 Å². The highest BCUT2D eigenvalue weighted by atomic mass is 16.5. The van der Waals surface area contributed by atoms with Gasteiger partial charge in [0.2, 0.25) is 5.91 Å². The molecular weight excluding hydrogens is 358 g/mol. The zero-order valence-corrected chi connectivity index (χ0v) is 16.0. The van der Waals surface area contributed by atoms with Crippen LogP contribution in [0.25, 0.3) is 0 Å². The molecule has 1 aromatic heterocycles. The molecule has 28 heavy (non-hydrogen) atoms. The van der Waals surface area contributed by atoms with Gasteiger partial charge in [0.25, 0.3) is 0 Å². The number of tetrazole rings is 1. The van der Waals surface area contributed by atoms with Crippen molar-refractivity contribution in [3.8, 4) is 11.5 Å². The van der Waals surface area contributed by atoms with Gasteiger partial charge in [-0.1, -0.05) is 31.2 Å². The lowest BCUT2D eigenvalue weighted by molar-refractivity contribution is -0.117. The zero-order valence-electron chi connectivity index (χ0n) is 16.0. The molecule has 0 aliphatic rings. The highest BCUT2D eigenvalue weighted by Crippen LogP contribution is 2.30. The minimum atomic E-state index is -0.641. The fourth-order valence-electron chi connectivity index (χ4n) is 3.01. The van der Waals surface area contributed by atoms with E-state index in [1.54, 1.807) is 20.3 Å². The first-order chi connectivity index (χ1) is 13.7. The molecule has 0 aliphatic carbocycles. The summed E-state index contributed by atoms with van der Waals surface area (Å²) in [6, 6.07) is 13.2. The first-order valence-electron chi connectivity index (χ1n) is 8.94. The van der Waals surface area contributed by atoms with Crippen LogP contribution in [0.4, 0.5) is 5.69 Å². The summed E-state index contributed by atoms with van der Waals surface area (Å²) in [5, 5.41) is 17.9. The lowest BCUT2D eigenvalue weighted by Crippen LogP contribution is -2.25. The Bertz CT molecular complexity index is 927. The molecule has 0 aliphatic heterocycles. The smallest absolute Gasteiger partial charge is 0.232 e. The molecule has 0 bridgehead atoms. The van der Waals surface area contributed by atoms with Crippen LogP contribution < -0.4 is 19.9 Å². The van der Waals surface area contributed by atoms with Crippen molar-refractivity contribution >= 4 is 11.6 Å². The van der Waals surface area contributed by atoms with E-state index >= 15 is 0 Å². The molecule has 146 valence electrons. The van der Waals surface area contributed by atoms with Crippen molar-refractivity contribution in [3.63, 3.8) is 0 Å². The van der Waals surface area contributed by atoms with E-state index in [0.717, 1.165) is 23.2 Å². The number of para-hydroxylation sites is 1. The molecule has 1 N–H and O–H groups in total. The predicted molar refractivity (Wildman–Crippen MR) is 104 cm³/mol. The molecule has 2 aromatic carbocycles. The molecule has 0 saturated heterocycles. The minimum Gasteiger partial charge on any atom is -0.493 e. The molecule has 3 rings (SSSR count). The number of nitrogens with one attached hydrogen (secondary N) is 1. The molecule has 0 unspecified atom stereocenters. The number of aryl methyl sites for hydroxylation is 1. The number of benzene rings is 2. The summed E-state index contributed by atoms with van der Waals surface area (Å²) in [6.45, 7) is 2.04. The number of rotatable bonds is 8. The Hall–Kier alpha value is -3.42. The van der Waals surface area contributed by atoms with Crippen LogP contribution in [0.15, 0.2) is 42.5 Å². The third-order valence-electron chi connectivity index (χ3n) is 4.51. The Morgan fingerprint density at radius 2 is 1.93 bits per heavy atom. The van der Waals surface area contributed by atoms with Crippen LogP contribution in [-0.4, -0.2) is 35.7 Å². The second kappa shape index (κ2) is 8.98. The van der Waals surface area contributed by atoms with Crippen molar-refractivity contribution in [2.75, 3.05) is 19.5 Å². The molecule has 8 heteroatoms. The maximum atomic E-state index is 13.1. The van der Waals surface area contributed by atoms with Crippen molar-refractivity contribution in [1.82, 2.24) is 20.6 Å². The second-order valence-corrected chi connectivity index (χ2v) is 6.18. The molecule has 0 radical (unpaired) electrons. The summed E-state index contributed by atoms with van der Waals surface area (Å²) < 4.78 is 10.6. The maximum absolute atomic E-state index is 13.1. The van der Waals surface area contributed by atoms with Crippen molar-refractivity contribution < 1.29 is 14.3 Å². The summed E-state index contributed by atoms with van der Waals surface area (Å²) in [6.07, 6.45) is 1.18. The van der Waals surface area contributed by atoms with E-state index in [1.807, 2.05) is 43.3 Å². The number of carbonyl (C=O) groups excluding carboxylic acids is 1. The van der Waals surface area contributed by atoms with Crippen LogP contribution in [-0.2, 0) is 17.6 Å². The lowest BCUT2D eigenvalue weighted by Gasteiger charge is -2.19. The summed E-state index contributed by atoms with van der Waals surface area (Å²) in [5.74, 6) is 0.636. The fourth-order valence-corrected chi connectivity index (χ4v) is 3.01. The largest absolute Gasteiger partial charge is 0.493 e. The van der Waals surface area contributed by atoms with Crippen LogP contribution in [0, 0.1) is 0 Å². The highest BCUT2D eigenvalue weighted by molar-refractivity contribution is 5.96. The molecule has 3 aromatic rings. The molecule has 1 heterocycles. The predicted octanol–water partition coefficient (Wildman–Crippen LogP) is 2.37. The van der Waals surface area contributed by atoms with Gasteiger partial charge in [-0.3, -0.25) is 15.1 Å². The Morgan fingerprint density at radius 3 is 2.61 bits per heavy atom. The number of aromatic nitrogens is 4. The van der Waals surface area contributed by atoms with Crippen molar-refractivity contribution in [3.05, 3.63) is 59.4 Å². The van der Waals surface area contributed by atoms with Crippen LogP contribution in [0.1, 0.15) is 29.8 Å². The van der Waals surface area contributed by atoms with Gasteiger partial charge in [0, 0.05) is 11.5 Å². The van der Waals surface area contributed by atoms with Crippen molar-refractivity contribution in [1.29, 1.82) is 0 Å². The van der Waals surface area contributed by atoms with Crippen LogP contribution in [0.2, 0.25) is 0 Å². The number of methoxy groups -OCH3 is 2. The first-order valence-corrected chi connectivity index (χ1v) is 8.94. The van der Waals surface area contributed by atoms with Crippen molar-refractivity contribution in [2.45, 2.75) is 25.7 Å². The van der Waals surface area contributed by atoms with E-state index in [4.69, 9.17) is 9.47 Å². The highest BCUT2D eigenvalue weighted by Gasteiger charge is 2.22. The lowest BCUT2D eigenvalue weighted by atomic mass is 9.97. The topological polar surface area (TPSA) is 100 Å². The summed E-state index contributed by atoms with van der Waals surface area (Å²) >= 11 is 0. The normalized spacial score (nSPS) is 11.7. The van der Waals surface area contributed by atoms with E-state index in [-0.39, 0.29) is 11.7 Å². The van der Waals surface area contributed by atoms with Gasteiger partial charge in [-0.25, -0.2) is 0 Å². The zero-order chi connectivity index (χ0) is 19.9. The number of nitrogens with zero attached hydrogens (tertiary/aromatic N) is 4. The molecular formula is C20H22N5O3-. The van der Waals surface area contributed by atoms with Gasteiger partial charge in [0.15, 0.2) is 11.5 Å². The Morgan fingerprint density at radius 1 is 1.14 bits per heavy atom. The molecule has 8 nitrogen and oxygen atoms in total. The van der Waals surface area contributed by atoms with Gasteiger partial charge in [0.05, 0.1) is 20.1 Å². The number of hydrogen-bond donors (Lipinski definition) is 1. The molecule has 0 fully saturated rings. The van der Waals surface area contributed by atoms with Gasteiger partial charge >= 0.3 is 0 Å². The summed E-state index contributed by atoms with van der Waals surface area (Å²) in [5.41, 5.74) is 2.71. The van der Waals surface area contributed by atoms with Crippen LogP contribution in [0.5, 0.6) is 11.5 Å². The van der Waals surface area contributed by atoms with Crippen molar-refractivity contribution in [2.24, 2.45) is 0 Å².